The molecular weight excluding hydrogens is 476 g/mol. The molecule has 4 atom stereocenters. The number of ether oxygens (including phenoxy) is 2. The summed E-state index contributed by atoms with van der Waals surface area (Å²) in [7, 11) is 0. The zero-order valence-corrected chi connectivity index (χ0v) is 23.3. The highest BCUT2D eigenvalue weighted by molar-refractivity contribution is 5.71. The van der Waals surface area contributed by atoms with Gasteiger partial charge in [-0.15, -0.1) is 0 Å². The molecule has 7 aliphatic carbocycles. The molecule has 5 heteroatoms. The Labute approximate surface area is 228 Å². The fourth-order valence-corrected chi connectivity index (χ4v) is 9.51. The van der Waals surface area contributed by atoms with Crippen LogP contribution in [0.2, 0.25) is 0 Å². The lowest BCUT2D eigenvalue weighted by Gasteiger charge is -2.53. The molecule has 6 fully saturated rings. The van der Waals surface area contributed by atoms with E-state index < -0.39 is 17.9 Å². The first-order chi connectivity index (χ1) is 18.2. The summed E-state index contributed by atoms with van der Waals surface area (Å²) >= 11 is 0. The standard InChI is InChI=1S/C33H46O5/c1-4-27-9-10-28-23(6-5-11-32(27,28)3)7-8-24-17-33(36,18-29(34)20(24)2)37-19-30(35)38-31-25-13-21-12-22(15-25)16-26(31)14-21/h7-9,21-22,25-26,28-29,31,34,36H,2,4-6,10-19H2,1,3H3/t21?,22?,25?,26?,28-,29-,31?,32+,33-/m0/s1. The van der Waals surface area contributed by atoms with Crippen LogP contribution >= 0.6 is 0 Å². The van der Waals surface area contributed by atoms with Crippen molar-refractivity contribution >= 4 is 5.97 Å². The van der Waals surface area contributed by atoms with Crippen LogP contribution in [0.4, 0.5) is 0 Å². The maximum atomic E-state index is 12.8. The van der Waals surface area contributed by atoms with Gasteiger partial charge in [0.2, 0.25) is 0 Å². The Morgan fingerprint density at radius 3 is 2.55 bits per heavy atom. The SMILES string of the molecule is C=C1C(=CC=C2CCC[C@]3(C)C(CC)=CC[C@@H]23)C[C@](O)(OCC(=O)OC2C3CC4CC(C3)CC2C4)C[C@@H]1O. The van der Waals surface area contributed by atoms with Gasteiger partial charge in [0, 0.05) is 12.8 Å². The van der Waals surface area contributed by atoms with Crippen LogP contribution in [0.15, 0.2) is 47.1 Å². The average Bonchev–Trinajstić information content (AvgIpc) is 3.22. The van der Waals surface area contributed by atoms with Gasteiger partial charge in [-0.25, -0.2) is 4.79 Å². The van der Waals surface area contributed by atoms with Crippen LogP contribution in [0.5, 0.6) is 0 Å². The lowest BCUT2D eigenvalue weighted by atomic mass is 9.55. The molecule has 7 rings (SSSR count). The highest BCUT2D eigenvalue weighted by Crippen LogP contribution is 2.56. The summed E-state index contributed by atoms with van der Waals surface area (Å²) in [4.78, 5) is 12.8. The van der Waals surface area contributed by atoms with E-state index in [1.807, 2.05) is 6.08 Å². The molecule has 0 unspecified atom stereocenters. The van der Waals surface area contributed by atoms with E-state index in [1.165, 1.54) is 50.5 Å². The quantitative estimate of drug-likeness (QED) is 0.248. The van der Waals surface area contributed by atoms with Crippen LogP contribution in [0.3, 0.4) is 0 Å². The molecule has 0 radical (unpaired) electrons. The molecule has 6 saturated carbocycles. The van der Waals surface area contributed by atoms with Crippen molar-refractivity contribution in [3.05, 3.63) is 47.1 Å². The second-order valence-electron chi connectivity index (χ2n) is 13.6. The van der Waals surface area contributed by atoms with Crippen molar-refractivity contribution in [1.29, 1.82) is 0 Å². The number of rotatable bonds is 6. The molecule has 4 bridgehead atoms. The third-order valence-electron chi connectivity index (χ3n) is 11.3. The van der Waals surface area contributed by atoms with Gasteiger partial charge in [0.05, 0.1) is 6.10 Å². The maximum absolute atomic E-state index is 12.8. The van der Waals surface area contributed by atoms with E-state index in [-0.39, 0.29) is 31.0 Å². The van der Waals surface area contributed by atoms with Crippen molar-refractivity contribution in [3.63, 3.8) is 0 Å². The highest BCUT2D eigenvalue weighted by Gasteiger charge is 2.50. The Bertz CT molecular complexity index is 1040. The first kappa shape index (κ1) is 26.5. The summed E-state index contributed by atoms with van der Waals surface area (Å²) in [6, 6.07) is 0. The Balaban J connectivity index is 1.09. The topological polar surface area (TPSA) is 76.0 Å². The summed E-state index contributed by atoms with van der Waals surface area (Å²) in [5.74, 6) is 1.14. The molecule has 0 saturated heterocycles. The predicted octanol–water partition coefficient (Wildman–Crippen LogP) is 6.17. The minimum Gasteiger partial charge on any atom is -0.460 e. The summed E-state index contributed by atoms with van der Waals surface area (Å²) in [6.07, 6.45) is 17.8. The van der Waals surface area contributed by atoms with E-state index >= 15 is 0 Å². The van der Waals surface area contributed by atoms with Gasteiger partial charge in [0.25, 0.3) is 0 Å². The molecular formula is C33H46O5. The van der Waals surface area contributed by atoms with Gasteiger partial charge < -0.3 is 19.7 Å². The van der Waals surface area contributed by atoms with Gasteiger partial charge in [-0.2, -0.15) is 0 Å². The van der Waals surface area contributed by atoms with E-state index in [9.17, 15) is 15.0 Å². The lowest BCUT2D eigenvalue weighted by molar-refractivity contribution is -0.230. The Morgan fingerprint density at radius 2 is 1.87 bits per heavy atom. The molecule has 0 amide bonds. The number of hydrogen-bond donors (Lipinski definition) is 2. The van der Waals surface area contributed by atoms with Gasteiger partial charge in [-0.1, -0.05) is 49.8 Å². The number of aliphatic hydroxyl groups excluding tert-OH is 1. The van der Waals surface area contributed by atoms with Gasteiger partial charge >= 0.3 is 5.97 Å². The molecule has 0 aromatic heterocycles. The van der Waals surface area contributed by atoms with Crippen LogP contribution in [0.1, 0.15) is 90.9 Å². The van der Waals surface area contributed by atoms with Crippen molar-refractivity contribution in [2.24, 2.45) is 35.0 Å². The number of fused-ring (bicyclic) bond motifs is 1. The third-order valence-corrected chi connectivity index (χ3v) is 11.3. The number of aliphatic hydroxyl groups is 2. The van der Waals surface area contributed by atoms with Crippen LogP contribution in [0, 0.1) is 35.0 Å². The van der Waals surface area contributed by atoms with E-state index in [4.69, 9.17) is 9.47 Å². The average molecular weight is 523 g/mol. The van der Waals surface area contributed by atoms with Crippen LogP contribution < -0.4 is 0 Å². The van der Waals surface area contributed by atoms with E-state index in [0.29, 0.717) is 23.3 Å². The minimum absolute atomic E-state index is 0.00632. The Kier molecular flexibility index (Phi) is 7.02. The van der Waals surface area contributed by atoms with Gasteiger partial charge in [-0.3, -0.25) is 0 Å². The Hall–Kier alpha value is -1.69. The smallest absolute Gasteiger partial charge is 0.332 e. The zero-order valence-electron chi connectivity index (χ0n) is 23.3. The first-order valence-corrected chi connectivity index (χ1v) is 15.2. The minimum atomic E-state index is -1.61. The number of carbonyl (C=O) groups is 1. The fourth-order valence-electron chi connectivity index (χ4n) is 9.51. The number of hydrogen-bond acceptors (Lipinski definition) is 5. The van der Waals surface area contributed by atoms with Crippen LogP contribution in [0.25, 0.3) is 0 Å². The van der Waals surface area contributed by atoms with Gasteiger partial charge in [0.15, 0.2) is 5.79 Å². The van der Waals surface area contributed by atoms with Gasteiger partial charge in [-0.05, 0) is 110 Å². The summed E-state index contributed by atoms with van der Waals surface area (Å²) in [5, 5.41) is 22.0. The van der Waals surface area contributed by atoms with E-state index in [0.717, 1.165) is 36.7 Å². The van der Waals surface area contributed by atoms with Crippen LogP contribution in [-0.2, 0) is 14.3 Å². The van der Waals surface area contributed by atoms with Crippen molar-refractivity contribution < 1.29 is 24.5 Å². The molecule has 5 nitrogen and oxygen atoms in total. The molecule has 0 heterocycles. The predicted molar refractivity (Wildman–Crippen MR) is 147 cm³/mol. The largest absolute Gasteiger partial charge is 0.460 e. The molecule has 0 aliphatic heterocycles. The second kappa shape index (κ2) is 10.1. The van der Waals surface area contributed by atoms with Crippen LogP contribution in [-0.4, -0.2) is 40.8 Å². The lowest BCUT2D eigenvalue weighted by Crippen LogP contribution is -2.50. The fraction of sp³-hybridized carbons (Fsp3) is 0.727. The van der Waals surface area contributed by atoms with Crippen molar-refractivity contribution in [1.82, 2.24) is 0 Å². The Morgan fingerprint density at radius 1 is 1.16 bits per heavy atom. The van der Waals surface area contributed by atoms with E-state index in [1.54, 1.807) is 5.57 Å². The zero-order chi connectivity index (χ0) is 26.7. The molecule has 208 valence electrons. The normalized spacial score (nSPS) is 45.9. The molecule has 0 aromatic rings. The monoisotopic (exact) mass is 522 g/mol. The molecule has 0 aromatic carbocycles. The number of esters is 1. The maximum Gasteiger partial charge on any atom is 0.332 e. The molecule has 2 N–H and O–H groups in total. The van der Waals surface area contributed by atoms with Crippen molar-refractivity contribution in [2.45, 2.75) is 109 Å². The molecule has 7 aliphatic rings. The third kappa shape index (κ3) is 4.77. The summed E-state index contributed by atoms with van der Waals surface area (Å²) < 4.78 is 11.7. The summed E-state index contributed by atoms with van der Waals surface area (Å²) in [6.45, 7) is 8.49. The van der Waals surface area contributed by atoms with Crippen molar-refractivity contribution in [3.8, 4) is 0 Å². The molecule has 0 spiro atoms. The van der Waals surface area contributed by atoms with E-state index in [2.05, 4.69) is 32.6 Å². The van der Waals surface area contributed by atoms with Crippen molar-refractivity contribution in [2.75, 3.05) is 6.61 Å². The number of carbonyl (C=O) groups excluding carboxylic acids is 1. The summed E-state index contributed by atoms with van der Waals surface area (Å²) in [5.41, 5.74) is 4.71. The second-order valence-corrected chi connectivity index (χ2v) is 13.6. The first-order valence-electron chi connectivity index (χ1n) is 15.2. The highest BCUT2D eigenvalue weighted by atomic mass is 16.6. The van der Waals surface area contributed by atoms with Gasteiger partial charge in [0.1, 0.15) is 12.7 Å². The molecule has 38 heavy (non-hydrogen) atoms. The number of allylic oxidation sites excluding steroid dienone is 5.